The summed E-state index contributed by atoms with van der Waals surface area (Å²) in [5.74, 6) is 15.2. The largest absolute Gasteiger partial charge is 0.113 e. The maximum Gasteiger partial charge on any atom is 0.113 e. The van der Waals surface area contributed by atoms with Gasteiger partial charge in [0, 0.05) is 16.9 Å². The molecule has 0 nitrogen and oxygen atoms in total. The monoisotopic (exact) mass is 378 g/mol. The van der Waals surface area contributed by atoms with Crippen molar-refractivity contribution in [3.63, 3.8) is 0 Å². The van der Waals surface area contributed by atoms with Gasteiger partial charge in [-0.05, 0) is 77.0 Å². The first-order chi connectivity index (χ1) is 13.8. The number of benzene rings is 2. The molecule has 0 saturated heterocycles. The van der Waals surface area contributed by atoms with Crippen molar-refractivity contribution in [1.82, 2.24) is 0 Å². The van der Waals surface area contributed by atoms with Crippen molar-refractivity contribution >= 4 is 13.3 Å². The summed E-state index contributed by atoms with van der Waals surface area (Å²) in [6.07, 6.45) is 4.77. The van der Waals surface area contributed by atoms with Gasteiger partial charge in [0.15, 0.2) is 0 Å². The third-order valence-corrected chi connectivity index (χ3v) is 6.27. The smallest absolute Gasteiger partial charge is 0.0967 e. The Morgan fingerprint density at radius 3 is 2.03 bits per heavy atom. The van der Waals surface area contributed by atoms with Gasteiger partial charge in [-0.2, -0.15) is 0 Å². The van der Waals surface area contributed by atoms with Gasteiger partial charge < -0.3 is 0 Å². The second kappa shape index (κ2) is 8.97. The maximum atomic E-state index is 5.83. The SMILES string of the molecule is [B]c1ccc(C(C)(C)C#CC(C)(C)C2CCC(C#Cc3ccccc3)CC2)cc1. The Bertz CT molecular complexity index is 919. The van der Waals surface area contributed by atoms with E-state index in [0.717, 1.165) is 11.0 Å². The summed E-state index contributed by atoms with van der Waals surface area (Å²) in [5, 5.41) is 0. The zero-order chi connectivity index (χ0) is 20.9. The van der Waals surface area contributed by atoms with Gasteiger partial charge in [0.05, 0.1) is 5.41 Å². The van der Waals surface area contributed by atoms with Gasteiger partial charge in [-0.15, -0.1) is 0 Å². The predicted octanol–water partition coefficient (Wildman–Crippen LogP) is 5.65. The molecule has 0 amide bonds. The quantitative estimate of drug-likeness (QED) is 0.468. The third kappa shape index (κ3) is 5.81. The van der Waals surface area contributed by atoms with E-state index in [1.54, 1.807) is 0 Å². The molecule has 1 aliphatic carbocycles. The summed E-state index contributed by atoms with van der Waals surface area (Å²) >= 11 is 0. The number of rotatable bonds is 2. The average Bonchev–Trinajstić information content (AvgIpc) is 2.72. The molecule has 1 heteroatoms. The summed E-state index contributed by atoms with van der Waals surface area (Å²) in [7, 11) is 5.83. The van der Waals surface area contributed by atoms with Gasteiger partial charge in [0.2, 0.25) is 0 Å². The van der Waals surface area contributed by atoms with Crippen molar-refractivity contribution in [3.8, 4) is 23.7 Å². The molecular formula is C28H31B. The fourth-order valence-corrected chi connectivity index (χ4v) is 4.06. The molecule has 1 saturated carbocycles. The van der Waals surface area contributed by atoms with Crippen LogP contribution in [0.1, 0.15) is 64.5 Å². The molecule has 0 bridgehead atoms. The van der Waals surface area contributed by atoms with E-state index < -0.39 is 0 Å². The molecule has 0 unspecified atom stereocenters. The maximum absolute atomic E-state index is 5.83. The first-order valence-corrected chi connectivity index (χ1v) is 10.7. The van der Waals surface area contributed by atoms with Gasteiger partial charge in [0.1, 0.15) is 7.85 Å². The van der Waals surface area contributed by atoms with E-state index in [1.165, 1.54) is 31.2 Å². The highest BCUT2D eigenvalue weighted by atomic mass is 14.4. The van der Waals surface area contributed by atoms with Crippen molar-refractivity contribution in [3.05, 3.63) is 65.7 Å². The third-order valence-electron chi connectivity index (χ3n) is 6.27. The summed E-state index contributed by atoms with van der Waals surface area (Å²) in [6, 6.07) is 18.4. The van der Waals surface area contributed by atoms with E-state index in [-0.39, 0.29) is 10.8 Å². The molecule has 0 atom stereocenters. The average molecular weight is 378 g/mol. The van der Waals surface area contributed by atoms with E-state index >= 15 is 0 Å². The molecule has 0 spiro atoms. The predicted molar refractivity (Wildman–Crippen MR) is 125 cm³/mol. The molecule has 3 rings (SSSR count). The summed E-state index contributed by atoms with van der Waals surface area (Å²) < 4.78 is 0. The molecule has 146 valence electrons. The van der Waals surface area contributed by atoms with Crippen LogP contribution in [0.4, 0.5) is 0 Å². The topological polar surface area (TPSA) is 0 Å². The van der Waals surface area contributed by atoms with E-state index in [2.05, 4.69) is 75.6 Å². The highest BCUT2D eigenvalue weighted by molar-refractivity contribution is 6.32. The fourth-order valence-electron chi connectivity index (χ4n) is 4.06. The van der Waals surface area contributed by atoms with Crippen molar-refractivity contribution in [2.24, 2.45) is 17.3 Å². The molecule has 2 aromatic rings. The molecule has 0 aliphatic heterocycles. The van der Waals surface area contributed by atoms with Crippen LogP contribution in [-0.4, -0.2) is 7.85 Å². The molecule has 29 heavy (non-hydrogen) atoms. The highest BCUT2D eigenvalue weighted by Gasteiger charge is 2.32. The van der Waals surface area contributed by atoms with Crippen LogP contribution in [0.3, 0.4) is 0 Å². The van der Waals surface area contributed by atoms with Gasteiger partial charge in [-0.1, -0.05) is 71.6 Å². The number of hydrogen-bond acceptors (Lipinski definition) is 0. The standard InChI is InChI=1S/C28H31B/c1-27(2,20-21-28(3,4)25-16-18-26(29)19-17-25)24-14-12-23(13-15-24)11-10-22-8-6-5-7-9-22/h5-9,16-19,23-24H,12-15H2,1-4H3. The minimum absolute atomic E-state index is 0.0168. The first kappa shape index (κ1) is 21.3. The van der Waals surface area contributed by atoms with Crippen molar-refractivity contribution in [1.29, 1.82) is 0 Å². The van der Waals surface area contributed by atoms with Crippen LogP contribution in [0.2, 0.25) is 0 Å². The van der Waals surface area contributed by atoms with E-state index in [1.807, 2.05) is 30.3 Å². The van der Waals surface area contributed by atoms with Crippen LogP contribution in [-0.2, 0) is 5.41 Å². The lowest BCUT2D eigenvalue weighted by Crippen LogP contribution is -2.28. The zero-order valence-electron chi connectivity index (χ0n) is 18.3. The van der Waals surface area contributed by atoms with Gasteiger partial charge in [-0.3, -0.25) is 0 Å². The molecular weight excluding hydrogens is 347 g/mol. The lowest BCUT2D eigenvalue weighted by Gasteiger charge is -2.35. The normalized spacial score (nSPS) is 19.4. The molecule has 0 heterocycles. The van der Waals surface area contributed by atoms with Crippen LogP contribution in [0.5, 0.6) is 0 Å². The first-order valence-electron chi connectivity index (χ1n) is 10.7. The molecule has 0 N–H and O–H groups in total. The van der Waals surface area contributed by atoms with Crippen LogP contribution in [0, 0.1) is 40.9 Å². The van der Waals surface area contributed by atoms with E-state index in [4.69, 9.17) is 7.85 Å². The Balaban J connectivity index is 1.62. The van der Waals surface area contributed by atoms with Crippen LogP contribution < -0.4 is 5.46 Å². The van der Waals surface area contributed by atoms with Crippen LogP contribution in [0.25, 0.3) is 0 Å². The number of hydrogen-bond donors (Lipinski definition) is 0. The minimum Gasteiger partial charge on any atom is -0.0967 e. The minimum atomic E-state index is -0.177. The van der Waals surface area contributed by atoms with E-state index in [0.29, 0.717) is 11.8 Å². The zero-order valence-corrected chi connectivity index (χ0v) is 18.3. The molecule has 2 radical (unpaired) electrons. The molecule has 0 aromatic heterocycles. The Kier molecular flexibility index (Phi) is 6.60. The Hall–Kier alpha value is -2.38. The van der Waals surface area contributed by atoms with E-state index in [9.17, 15) is 0 Å². The summed E-state index contributed by atoms with van der Waals surface area (Å²) in [5.41, 5.74) is 2.97. The van der Waals surface area contributed by atoms with Crippen LogP contribution in [0.15, 0.2) is 54.6 Å². The molecule has 1 aliphatic rings. The lowest BCUT2D eigenvalue weighted by molar-refractivity contribution is 0.200. The Morgan fingerprint density at radius 2 is 1.41 bits per heavy atom. The van der Waals surface area contributed by atoms with Crippen molar-refractivity contribution < 1.29 is 0 Å². The fraction of sp³-hybridized carbons (Fsp3) is 0.429. The van der Waals surface area contributed by atoms with Crippen molar-refractivity contribution in [2.75, 3.05) is 0 Å². The molecule has 1 fully saturated rings. The van der Waals surface area contributed by atoms with Gasteiger partial charge in [-0.25, -0.2) is 0 Å². The van der Waals surface area contributed by atoms with Gasteiger partial charge >= 0.3 is 0 Å². The second-order valence-electron chi connectivity index (χ2n) is 9.40. The Labute approximate surface area is 178 Å². The Morgan fingerprint density at radius 1 is 0.793 bits per heavy atom. The van der Waals surface area contributed by atoms with Gasteiger partial charge in [0.25, 0.3) is 0 Å². The van der Waals surface area contributed by atoms with Crippen LogP contribution >= 0.6 is 0 Å². The van der Waals surface area contributed by atoms with Crippen molar-refractivity contribution in [2.45, 2.75) is 58.8 Å². The summed E-state index contributed by atoms with van der Waals surface area (Å²) in [6.45, 7) is 8.99. The summed E-state index contributed by atoms with van der Waals surface area (Å²) in [4.78, 5) is 0. The lowest BCUT2D eigenvalue weighted by atomic mass is 9.68. The highest BCUT2D eigenvalue weighted by Crippen LogP contribution is 2.40. The molecule has 2 aromatic carbocycles. The second-order valence-corrected chi connectivity index (χ2v) is 9.40.